The van der Waals surface area contributed by atoms with Gasteiger partial charge >= 0.3 is 0 Å². The minimum Gasteiger partial charge on any atom is -0.317 e. The van der Waals surface area contributed by atoms with Crippen molar-refractivity contribution in [3.05, 3.63) is 115 Å². The minimum atomic E-state index is -0.0105. The van der Waals surface area contributed by atoms with Crippen LogP contribution < -0.4 is 0 Å². The molecule has 0 saturated carbocycles. The van der Waals surface area contributed by atoms with Crippen molar-refractivity contribution in [2.45, 2.75) is 0 Å². The molecule has 0 saturated heterocycles. The van der Waals surface area contributed by atoms with E-state index in [4.69, 9.17) is 0 Å². The number of para-hydroxylation sites is 2. The molecular formula is C27H18N2O. The van der Waals surface area contributed by atoms with Crippen molar-refractivity contribution < 1.29 is 4.79 Å². The van der Waals surface area contributed by atoms with Gasteiger partial charge in [-0.15, -0.1) is 0 Å². The van der Waals surface area contributed by atoms with E-state index in [1.54, 1.807) is 0 Å². The number of benzene rings is 4. The second-order valence-electron chi connectivity index (χ2n) is 7.44. The second kappa shape index (κ2) is 6.46. The fourth-order valence-electron chi connectivity index (χ4n) is 4.43. The summed E-state index contributed by atoms with van der Waals surface area (Å²) in [5.41, 5.74) is 4.80. The normalized spacial score (nSPS) is 11.5. The summed E-state index contributed by atoms with van der Waals surface area (Å²) < 4.78 is 4.04. The van der Waals surface area contributed by atoms with Crippen LogP contribution in [-0.4, -0.2) is 15.0 Å². The van der Waals surface area contributed by atoms with Crippen LogP contribution in [0.5, 0.6) is 0 Å². The second-order valence-corrected chi connectivity index (χ2v) is 7.44. The Kier molecular flexibility index (Phi) is 3.62. The number of carbonyl (C=O) groups is 1. The largest absolute Gasteiger partial charge is 0.317 e. The fraction of sp³-hybridized carbons (Fsp3) is 0. The molecule has 4 aromatic carbocycles. The van der Waals surface area contributed by atoms with Gasteiger partial charge in [0.2, 0.25) is 0 Å². The maximum Gasteiger partial charge on any atom is 0.262 e. The van der Waals surface area contributed by atoms with Crippen molar-refractivity contribution in [2.24, 2.45) is 0 Å². The third-order valence-corrected chi connectivity index (χ3v) is 5.76. The molecule has 142 valence electrons. The van der Waals surface area contributed by atoms with E-state index in [-0.39, 0.29) is 5.91 Å². The van der Waals surface area contributed by atoms with Gasteiger partial charge in [-0.1, -0.05) is 54.6 Å². The van der Waals surface area contributed by atoms with E-state index in [2.05, 4.69) is 47.2 Å². The first-order valence-electron chi connectivity index (χ1n) is 10.0. The monoisotopic (exact) mass is 386 g/mol. The molecule has 2 aromatic heterocycles. The van der Waals surface area contributed by atoms with Gasteiger partial charge in [-0.05, 0) is 48.5 Å². The number of carbonyl (C=O) groups excluding carboxylic acids is 1. The van der Waals surface area contributed by atoms with Gasteiger partial charge in [-0.3, -0.25) is 9.36 Å². The molecule has 0 atom stereocenters. The smallest absolute Gasteiger partial charge is 0.262 e. The molecule has 0 radical (unpaired) electrons. The van der Waals surface area contributed by atoms with Crippen molar-refractivity contribution in [3.8, 4) is 5.69 Å². The van der Waals surface area contributed by atoms with Gasteiger partial charge < -0.3 is 4.57 Å². The zero-order valence-electron chi connectivity index (χ0n) is 16.2. The van der Waals surface area contributed by atoms with Gasteiger partial charge in [-0.2, -0.15) is 0 Å². The summed E-state index contributed by atoms with van der Waals surface area (Å²) in [6.45, 7) is 0. The molecular weight excluding hydrogens is 368 g/mol. The lowest BCUT2D eigenvalue weighted by molar-refractivity contribution is 0.0969. The Hall–Kier alpha value is -4.11. The lowest BCUT2D eigenvalue weighted by atomic mass is 10.1. The van der Waals surface area contributed by atoms with Crippen LogP contribution >= 0.6 is 0 Å². The summed E-state index contributed by atoms with van der Waals surface area (Å²) in [4.78, 5) is 13.5. The highest BCUT2D eigenvalue weighted by Crippen LogP contribution is 2.36. The lowest BCUT2D eigenvalue weighted by Crippen LogP contribution is -2.11. The van der Waals surface area contributed by atoms with Crippen LogP contribution in [0, 0.1) is 0 Å². The molecule has 0 aliphatic rings. The van der Waals surface area contributed by atoms with E-state index >= 15 is 0 Å². The van der Waals surface area contributed by atoms with Crippen LogP contribution in [0.1, 0.15) is 10.4 Å². The van der Waals surface area contributed by atoms with Crippen molar-refractivity contribution in [3.63, 3.8) is 0 Å². The predicted octanol–water partition coefficient (Wildman–Crippen LogP) is 6.43. The Morgan fingerprint density at radius 3 is 2.00 bits per heavy atom. The molecule has 6 rings (SSSR count). The van der Waals surface area contributed by atoms with E-state index in [9.17, 15) is 4.79 Å². The molecule has 0 unspecified atom stereocenters. The van der Waals surface area contributed by atoms with Gasteiger partial charge in [0.25, 0.3) is 5.91 Å². The quantitative estimate of drug-likeness (QED) is 0.337. The lowest BCUT2D eigenvalue weighted by Gasteiger charge is -2.07. The molecule has 0 N–H and O–H groups in total. The van der Waals surface area contributed by atoms with Crippen LogP contribution in [0.3, 0.4) is 0 Å². The van der Waals surface area contributed by atoms with Gasteiger partial charge in [0.05, 0.1) is 16.6 Å². The molecule has 0 spiro atoms. The highest BCUT2D eigenvalue weighted by molar-refractivity contribution is 6.24. The van der Waals surface area contributed by atoms with Crippen LogP contribution in [-0.2, 0) is 0 Å². The summed E-state index contributed by atoms with van der Waals surface area (Å²) >= 11 is 0. The molecule has 0 aliphatic heterocycles. The molecule has 30 heavy (non-hydrogen) atoms. The third kappa shape index (κ3) is 2.36. The average molecular weight is 386 g/mol. The first kappa shape index (κ1) is 16.8. The van der Waals surface area contributed by atoms with Crippen molar-refractivity contribution >= 4 is 38.6 Å². The van der Waals surface area contributed by atoms with E-state index in [0.29, 0.717) is 5.56 Å². The van der Waals surface area contributed by atoms with E-state index in [0.717, 1.165) is 38.4 Å². The highest BCUT2D eigenvalue weighted by atomic mass is 16.2. The standard InChI is InChI=1S/C27H18N2O/c30-27(19-9-3-1-4-10-19)29-24-14-8-7-13-21(24)26-22-17-18-28(20-11-5-2-6-12-20)23(22)15-16-25(26)29/h1-18H. The molecule has 0 amide bonds. The summed E-state index contributed by atoms with van der Waals surface area (Å²) in [6, 6.07) is 34.3. The molecule has 3 heteroatoms. The maximum absolute atomic E-state index is 13.5. The van der Waals surface area contributed by atoms with Crippen LogP contribution in [0.2, 0.25) is 0 Å². The molecule has 6 aromatic rings. The summed E-state index contributed by atoms with van der Waals surface area (Å²) in [5, 5.41) is 3.35. The van der Waals surface area contributed by atoms with Crippen molar-refractivity contribution in [2.75, 3.05) is 0 Å². The van der Waals surface area contributed by atoms with Gasteiger partial charge in [-0.25, -0.2) is 0 Å². The zero-order chi connectivity index (χ0) is 20.1. The number of fused-ring (bicyclic) bond motifs is 5. The predicted molar refractivity (Wildman–Crippen MR) is 122 cm³/mol. The Labute approximate surface area is 173 Å². The Morgan fingerprint density at radius 1 is 0.567 bits per heavy atom. The number of hydrogen-bond acceptors (Lipinski definition) is 1. The van der Waals surface area contributed by atoms with E-state index in [1.807, 2.05) is 71.3 Å². The molecule has 2 heterocycles. The first-order chi connectivity index (χ1) is 14.8. The number of aromatic nitrogens is 2. The Bertz CT molecular complexity index is 1540. The maximum atomic E-state index is 13.5. The van der Waals surface area contributed by atoms with Crippen LogP contribution in [0.15, 0.2) is 109 Å². The molecule has 0 aliphatic carbocycles. The van der Waals surface area contributed by atoms with Gasteiger partial charge in [0.15, 0.2) is 0 Å². The minimum absolute atomic E-state index is 0.0105. The molecule has 0 bridgehead atoms. The highest BCUT2D eigenvalue weighted by Gasteiger charge is 2.19. The van der Waals surface area contributed by atoms with E-state index < -0.39 is 0 Å². The summed E-state index contributed by atoms with van der Waals surface area (Å²) in [5.74, 6) is -0.0105. The van der Waals surface area contributed by atoms with Crippen LogP contribution in [0.4, 0.5) is 0 Å². The van der Waals surface area contributed by atoms with Crippen molar-refractivity contribution in [1.82, 2.24) is 9.13 Å². The SMILES string of the molecule is O=C(c1ccccc1)n1c2ccccc2c2c3ccn(-c4ccccc4)c3ccc21. The Balaban J connectivity index is 1.70. The van der Waals surface area contributed by atoms with Gasteiger partial charge in [0, 0.05) is 33.6 Å². The summed E-state index contributed by atoms with van der Waals surface area (Å²) in [6.07, 6.45) is 2.10. The Morgan fingerprint density at radius 2 is 1.20 bits per heavy atom. The van der Waals surface area contributed by atoms with Gasteiger partial charge in [0.1, 0.15) is 0 Å². The zero-order valence-corrected chi connectivity index (χ0v) is 16.2. The third-order valence-electron chi connectivity index (χ3n) is 5.76. The summed E-state index contributed by atoms with van der Waals surface area (Å²) in [7, 11) is 0. The van der Waals surface area contributed by atoms with E-state index in [1.165, 1.54) is 0 Å². The topological polar surface area (TPSA) is 26.9 Å². The van der Waals surface area contributed by atoms with Crippen LogP contribution in [0.25, 0.3) is 38.4 Å². The van der Waals surface area contributed by atoms with Crippen molar-refractivity contribution in [1.29, 1.82) is 0 Å². The number of hydrogen-bond donors (Lipinski definition) is 0. The first-order valence-corrected chi connectivity index (χ1v) is 10.0. The number of nitrogens with zero attached hydrogens (tertiary/aromatic N) is 2. The average Bonchev–Trinajstić information content (AvgIpc) is 3.39. The molecule has 3 nitrogen and oxygen atoms in total. The fourth-order valence-corrected chi connectivity index (χ4v) is 4.43. The number of rotatable bonds is 2. The molecule has 0 fully saturated rings.